The minimum Gasteiger partial charge on any atom is -0.302 e. The summed E-state index contributed by atoms with van der Waals surface area (Å²) in [6, 6.07) is 0. The van der Waals surface area contributed by atoms with E-state index in [0.29, 0.717) is 0 Å². The molecule has 3 heterocycles. The summed E-state index contributed by atoms with van der Waals surface area (Å²) in [7, 11) is 0. The van der Waals surface area contributed by atoms with Gasteiger partial charge in [0.2, 0.25) is 0 Å². The van der Waals surface area contributed by atoms with Gasteiger partial charge in [0.1, 0.15) is 0 Å². The summed E-state index contributed by atoms with van der Waals surface area (Å²) < 4.78 is 0. The quantitative estimate of drug-likeness (QED) is 0.824. The van der Waals surface area contributed by atoms with Crippen molar-refractivity contribution in [1.82, 2.24) is 19.7 Å². The molecule has 3 rings (SSSR count). The monoisotopic (exact) mass is 294 g/mol. The highest BCUT2D eigenvalue weighted by molar-refractivity contribution is 7.09. The van der Waals surface area contributed by atoms with Gasteiger partial charge in [-0.1, -0.05) is 0 Å². The molecule has 0 bridgehead atoms. The molecule has 20 heavy (non-hydrogen) atoms. The molecule has 0 atom stereocenters. The second-order valence-corrected chi connectivity index (χ2v) is 7.09. The van der Waals surface area contributed by atoms with Crippen LogP contribution in [0.3, 0.4) is 0 Å². The number of likely N-dealkylation sites (tertiary alicyclic amines) is 1. The van der Waals surface area contributed by atoms with Crippen LogP contribution in [-0.2, 0) is 6.54 Å². The first-order valence-corrected chi connectivity index (χ1v) is 8.75. The van der Waals surface area contributed by atoms with Crippen LogP contribution in [0.1, 0.15) is 23.5 Å². The fourth-order valence-corrected chi connectivity index (χ4v) is 3.77. The third-order valence-corrected chi connectivity index (χ3v) is 5.27. The molecule has 2 fully saturated rings. The molecule has 5 heteroatoms. The summed E-state index contributed by atoms with van der Waals surface area (Å²) in [6.07, 6.45) is 2.81. The van der Waals surface area contributed by atoms with Gasteiger partial charge in [-0.05, 0) is 32.9 Å². The van der Waals surface area contributed by atoms with E-state index in [2.05, 4.69) is 32.0 Å². The van der Waals surface area contributed by atoms with Crippen LogP contribution in [0, 0.1) is 6.92 Å². The Hall–Kier alpha value is -0.490. The first kappa shape index (κ1) is 14.4. The molecule has 0 saturated carbocycles. The lowest BCUT2D eigenvalue weighted by Crippen LogP contribution is -2.47. The summed E-state index contributed by atoms with van der Waals surface area (Å²) in [6.45, 7) is 13.1. The number of piperazine rings is 1. The van der Waals surface area contributed by atoms with Crippen LogP contribution in [0.2, 0.25) is 0 Å². The van der Waals surface area contributed by atoms with Crippen molar-refractivity contribution in [2.75, 3.05) is 52.4 Å². The lowest BCUT2D eigenvalue weighted by atomic mass is 10.3. The first-order chi connectivity index (χ1) is 9.79. The summed E-state index contributed by atoms with van der Waals surface area (Å²) in [4.78, 5) is 12.4. The summed E-state index contributed by atoms with van der Waals surface area (Å²) >= 11 is 1.76. The lowest BCUT2D eigenvalue weighted by Gasteiger charge is -2.35. The Morgan fingerprint density at radius 3 is 2.15 bits per heavy atom. The average molecular weight is 294 g/mol. The Morgan fingerprint density at radius 2 is 1.55 bits per heavy atom. The van der Waals surface area contributed by atoms with Crippen LogP contribution in [-0.4, -0.2) is 72.0 Å². The third kappa shape index (κ3) is 4.01. The number of rotatable bonds is 5. The maximum absolute atomic E-state index is 4.57. The number of thiazole rings is 1. The van der Waals surface area contributed by atoms with Gasteiger partial charge in [0.25, 0.3) is 0 Å². The molecule has 0 spiro atoms. The molecule has 0 radical (unpaired) electrons. The van der Waals surface area contributed by atoms with Gasteiger partial charge in [-0.25, -0.2) is 4.98 Å². The average Bonchev–Trinajstić information content (AvgIpc) is 3.10. The van der Waals surface area contributed by atoms with Gasteiger partial charge in [-0.15, -0.1) is 11.3 Å². The van der Waals surface area contributed by atoms with Gasteiger partial charge in [-0.3, -0.25) is 9.80 Å². The molecular formula is C15H26N4S. The minimum atomic E-state index is 1.03. The van der Waals surface area contributed by atoms with Crippen LogP contribution < -0.4 is 0 Å². The zero-order valence-corrected chi connectivity index (χ0v) is 13.4. The largest absolute Gasteiger partial charge is 0.302 e. The fourth-order valence-electron chi connectivity index (χ4n) is 3.17. The molecule has 2 saturated heterocycles. The Kier molecular flexibility index (Phi) is 5.04. The zero-order chi connectivity index (χ0) is 13.8. The molecule has 1 aromatic heterocycles. The molecule has 0 N–H and O–H groups in total. The molecule has 112 valence electrons. The molecule has 2 aliphatic heterocycles. The van der Waals surface area contributed by atoms with E-state index in [4.69, 9.17) is 0 Å². The van der Waals surface area contributed by atoms with Gasteiger partial charge in [-0.2, -0.15) is 0 Å². The van der Waals surface area contributed by atoms with Crippen molar-refractivity contribution in [2.45, 2.75) is 26.3 Å². The predicted molar refractivity (Wildman–Crippen MR) is 84.2 cm³/mol. The van der Waals surface area contributed by atoms with Gasteiger partial charge >= 0.3 is 0 Å². The first-order valence-electron chi connectivity index (χ1n) is 7.88. The van der Waals surface area contributed by atoms with Crippen molar-refractivity contribution in [3.05, 3.63) is 16.1 Å². The van der Waals surface area contributed by atoms with Crippen molar-refractivity contribution in [3.8, 4) is 0 Å². The highest BCUT2D eigenvalue weighted by Gasteiger charge is 2.19. The SMILES string of the molecule is Cc1nc(CN2CCN(CCN3CCCC3)CC2)cs1. The van der Waals surface area contributed by atoms with E-state index >= 15 is 0 Å². The highest BCUT2D eigenvalue weighted by Crippen LogP contribution is 2.12. The number of hydrogen-bond acceptors (Lipinski definition) is 5. The van der Waals surface area contributed by atoms with Crippen molar-refractivity contribution < 1.29 is 0 Å². The number of aryl methyl sites for hydroxylation is 1. The van der Waals surface area contributed by atoms with E-state index in [1.54, 1.807) is 11.3 Å². The highest BCUT2D eigenvalue weighted by atomic mass is 32.1. The van der Waals surface area contributed by atoms with Crippen LogP contribution in [0.5, 0.6) is 0 Å². The van der Waals surface area contributed by atoms with Crippen molar-refractivity contribution in [1.29, 1.82) is 0 Å². The molecule has 1 aromatic rings. The van der Waals surface area contributed by atoms with Crippen LogP contribution >= 0.6 is 11.3 Å². The fraction of sp³-hybridized carbons (Fsp3) is 0.800. The summed E-state index contributed by atoms with van der Waals surface area (Å²) in [5.74, 6) is 0. The maximum Gasteiger partial charge on any atom is 0.0897 e. The van der Waals surface area contributed by atoms with E-state index in [1.165, 1.54) is 75.9 Å². The molecule has 0 aliphatic carbocycles. The normalized spacial score (nSPS) is 22.6. The standard InChI is InChI=1S/C15H26N4S/c1-14-16-15(13-20-14)12-19-10-8-18(9-11-19)7-6-17-4-2-3-5-17/h13H,2-12H2,1H3. The zero-order valence-electron chi connectivity index (χ0n) is 12.6. The van der Waals surface area contributed by atoms with E-state index in [0.717, 1.165) is 6.54 Å². The van der Waals surface area contributed by atoms with Gasteiger partial charge in [0.05, 0.1) is 10.7 Å². The minimum absolute atomic E-state index is 1.03. The predicted octanol–water partition coefficient (Wildman–Crippen LogP) is 1.66. The van der Waals surface area contributed by atoms with Crippen molar-refractivity contribution >= 4 is 11.3 Å². The van der Waals surface area contributed by atoms with Crippen LogP contribution in [0.4, 0.5) is 0 Å². The van der Waals surface area contributed by atoms with Crippen LogP contribution in [0.25, 0.3) is 0 Å². The van der Waals surface area contributed by atoms with E-state index in [-0.39, 0.29) is 0 Å². The van der Waals surface area contributed by atoms with Gasteiger partial charge in [0, 0.05) is 51.2 Å². The van der Waals surface area contributed by atoms with Gasteiger partial charge < -0.3 is 4.90 Å². The van der Waals surface area contributed by atoms with Crippen LogP contribution in [0.15, 0.2) is 5.38 Å². The Bertz CT molecular complexity index is 406. The Labute approximate surface area is 126 Å². The molecule has 4 nitrogen and oxygen atoms in total. The number of hydrogen-bond donors (Lipinski definition) is 0. The third-order valence-electron chi connectivity index (χ3n) is 4.45. The molecule has 2 aliphatic rings. The van der Waals surface area contributed by atoms with E-state index in [9.17, 15) is 0 Å². The second-order valence-electron chi connectivity index (χ2n) is 6.02. The second kappa shape index (κ2) is 6.98. The number of nitrogens with zero attached hydrogens (tertiary/aromatic N) is 4. The molecular weight excluding hydrogens is 268 g/mol. The lowest BCUT2D eigenvalue weighted by molar-refractivity contribution is 0.117. The van der Waals surface area contributed by atoms with Crippen molar-refractivity contribution in [2.24, 2.45) is 0 Å². The Balaban J connectivity index is 1.36. The number of aromatic nitrogens is 1. The van der Waals surface area contributed by atoms with E-state index in [1.807, 2.05) is 0 Å². The maximum atomic E-state index is 4.57. The topological polar surface area (TPSA) is 22.6 Å². The Morgan fingerprint density at radius 1 is 0.950 bits per heavy atom. The smallest absolute Gasteiger partial charge is 0.0897 e. The summed E-state index contributed by atoms with van der Waals surface area (Å²) in [5, 5.41) is 3.39. The van der Waals surface area contributed by atoms with Gasteiger partial charge in [0.15, 0.2) is 0 Å². The molecule has 0 aromatic carbocycles. The molecule has 0 amide bonds. The van der Waals surface area contributed by atoms with Crippen molar-refractivity contribution in [3.63, 3.8) is 0 Å². The molecule has 0 unspecified atom stereocenters. The summed E-state index contributed by atoms with van der Waals surface area (Å²) in [5.41, 5.74) is 1.25. The van der Waals surface area contributed by atoms with E-state index < -0.39 is 0 Å².